The number of para-hydroxylation sites is 1. The van der Waals surface area contributed by atoms with Gasteiger partial charge in [-0.3, -0.25) is 4.31 Å². The maximum absolute atomic E-state index is 12.4. The molecule has 0 aliphatic carbocycles. The van der Waals surface area contributed by atoms with E-state index in [1.165, 1.54) is 10.6 Å². The maximum atomic E-state index is 12.4. The van der Waals surface area contributed by atoms with Crippen LogP contribution in [-0.4, -0.2) is 45.3 Å². The van der Waals surface area contributed by atoms with E-state index in [0.29, 0.717) is 25.6 Å². The summed E-state index contributed by atoms with van der Waals surface area (Å²) < 4.78 is 31.4. The van der Waals surface area contributed by atoms with Crippen molar-refractivity contribution in [1.29, 1.82) is 0 Å². The molecule has 2 aliphatic heterocycles. The highest BCUT2D eigenvalue weighted by molar-refractivity contribution is 7.92. The molecule has 0 N–H and O–H groups in total. The van der Waals surface area contributed by atoms with Gasteiger partial charge in [0.2, 0.25) is 10.0 Å². The number of carbonyl (C=O) groups excluding carboxylic acids is 1. The van der Waals surface area contributed by atoms with E-state index in [4.69, 9.17) is 4.74 Å². The molecule has 0 spiro atoms. The lowest BCUT2D eigenvalue weighted by atomic mass is 9.81. The Labute approximate surface area is 172 Å². The minimum absolute atomic E-state index is 0.170. The van der Waals surface area contributed by atoms with Crippen molar-refractivity contribution >= 4 is 21.8 Å². The summed E-state index contributed by atoms with van der Waals surface area (Å²) in [6, 6.07) is 17.4. The predicted molar refractivity (Wildman–Crippen MR) is 112 cm³/mol. The van der Waals surface area contributed by atoms with Gasteiger partial charge in [0.05, 0.1) is 11.9 Å². The Hall–Kier alpha value is -2.54. The number of nitrogens with zero attached hydrogens (tertiary/aromatic N) is 2. The Kier molecular flexibility index (Phi) is 5.50. The van der Waals surface area contributed by atoms with Gasteiger partial charge in [0.15, 0.2) is 0 Å². The second kappa shape index (κ2) is 8.06. The van der Waals surface area contributed by atoms with Gasteiger partial charge in [0.25, 0.3) is 0 Å². The van der Waals surface area contributed by atoms with E-state index in [1.54, 1.807) is 4.90 Å². The Morgan fingerprint density at radius 1 is 1.03 bits per heavy atom. The molecule has 154 valence electrons. The molecule has 4 rings (SSSR count). The minimum atomic E-state index is -3.30. The number of hydrogen-bond acceptors (Lipinski definition) is 4. The van der Waals surface area contributed by atoms with E-state index in [2.05, 4.69) is 0 Å². The molecule has 1 unspecified atom stereocenters. The average molecular weight is 415 g/mol. The summed E-state index contributed by atoms with van der Waals surface area (Å²) in [5.41, 5.74) is 2.87. The Morgan fingerprint density at radius 2 is 1.69 bits per heavy atom. The van der Waals surface area contributed by atoms with E-state index in [0.717, 1.165) is 29.7 Å². The molecule has 0 saturated carbocycles. The summed E-state index contributed by atoms with van der Waals surface area (Å²) in [7, 11) is -3.30. The summed E-state index contributed by atoms with van der Waals surface area (Å²) in [5, 5.41) is 0. The summed E-state index contributed by atoms with van der Waals surface area (Å²) in [6.45, 7) is 2.03. The van der Waals surface area contributed by atoms with Crippen LogP contribution in [0.3, 0.4) is 0 Å². The third kappa shape index (κ3) is 4.24. The molecule has 7 heteroatoms. The summed E-state index contributed by atoms with van der Waals surface area (Å²) in [4.78, 5) is 14.2. The fraction of sp³-hybridized carbons (Fsp3) is 0.409. The molecule has 2 aromatic carbocycles. The molecule has 2 aliphatic rings. The van der Waals surface area contributed by atoms with Crippen LogP contribution < -0.4 is 4.31 Å². The highest BCUT2D eigenvalue weighted by atomic mass is 32.2. The molecule has 1 amide bonds. The number of benzene rings is 2. The molecule has 2 aromatic rings. The lowest BCUT2D eigenvalue weighted by molar-refractivity contribution is 0.0801. The van der Waals surface area contributed by atoms with Gasteiger partial charge in [-0.25, -0.2) is 13.2 Å². The fourth-order valence-corrected chi connectivity index (χ4v) is 5.37. The number of piperidine rings is 1. The Balaban J connectivity index is 1.37. The topological polar surface area (TPSA) is 66.9 Å². The molecular weight excluding hydrogens is 388 g/mol. The van der Waals surface area contributed by atoms with Gasteiger partial charge >= 0.3 is 6.09 Å². The zero-order valence-electron chi connectivity index (χ0n) is 16.5. The summed E-state index contributed by atoms with van der Waals surface area (Å²) >= 11 is 0. The van der Waals surface area contributed by atoms with E-state index >= 15 is 0 Å². The van der Waals surface area contributed by atoms with Crippen molar-refractivity contribution < 1.29 is 17.9 Å². The largest absolute Gasteiger partial charge is 0.445 e. The van der Waals surface area contributed by atoms with Crippen molar-refractivity contribution in [2.75, 3.05) is 30.2 Å². The maximum Gasteiger partial charge on any atom is 0.410 e. The van der Waals surface area contributed by atoms with Gasteiger partial charge in [-0.15, -0.1) is 0 Å². The Morgan fingerprint density at radius 3 is 2.38 bits per heavy atom. The van der Waals surface area contributed by atoms with Crippen LogP contribution in [0.4, 0.5) is 10.5 Å². The van der Waals surface area contributed by atoms with E-state index in [-0.39, 0.29) is 18.6 Å². The van der Waals surface area contributed by atoms with Crippen LogP contribution >= 0.6 is 0 Å². The summed E-state index contributed by atoms with van der Waals surface area (Å²) in [5.74, 6) is 0.518. The molecule has 2 heterocycles. The molecule has 1 fully saturated rings. The number of likely N-dealkylation sites (tertiary alicyclic amines) is 1. The number of amides is 1. The molecule has 6 nitrogen and oxygen atoms in total. The predicted octanol–water partition coefficient (Wildman–Crippen LogP) is 3.60. The van der Waals surface area contributed by atoms with E-state index < -0.39 is 10.0 Å². The van der Waals surface area contributed by atoms with Crippen molar-refractivity contribution in [3.8, 4) is 0 Å². The van der Waals surface area contributed by atoms with Gasteiger partial charge < -0.3 is 9.64 Å². The number of anilines is 1. The second-order valence-corrected chi connectivity index (χ2v) is 9.73. The number of ether oxygens (including phenoxy) is 1. The van der Waals surface area contributed by atoms with Gasteiger partial charge in [0, 0.05) is 25.6 Å². The van der Waals surface area contributed by atoms with Gasteiger partial charge in [-0.2, -0.15) is 0 Å². The second-order valence-electron chi connectivity index (χ2n) is 7.82. The Bertz CT molecular complexity index is 969. The molecule has 0 radical (unpaired) electrons. The van der Waals surface area contributed by atoms with Crippen molar-refractivity contribution in [3.63, 3.8) is 0 Å². The standard InChI is InChI=1S/C22H26N2O4S/c1-29(26,27)24-15-20(19-9-5-6-10-21(19)24)18-11-13-23(14-12-18)22(25)28-16-17-7-3-2-4-8-17/h2-10,18,20H,11-16H2,1H3. The van der Waals surface area contributed by atoms with Crippen LogP contribution in [0.25, 0.3) is 0 Å². The first kappa shape index (κ1) is 19.8. The normalized spacial score (nSPS) is 19.8. The van der Waals surface area contributed by atoms with Crippen LogP contribution in [0.15, 0.2) is 54.6 Å². The van der Waals surface area contributed by atoms with Crippen molar-refractivity contribution in [2.45, 2.75) is 25.4 Å². The van der Waals surface area contributed by atoms with Gasteiger partial charge in [-0.1, -0.05) is 48.5 Å². The molecular formula is C22H26N2O4S. The fourth-order valence-electron chi connectivity index (χ4n) is 4.42. The molecule has 1 atom stereocenters. The minimum Gasteiger partial charge on any atom is -0.445 e. The number of fused-ring (bicyclic) bond motifs is 1. The van der Waals surface area contributed by atoms with Crippen LogP contribution in [0, 0.1) is 5.92 Å². The van der Waals surface area contributed by atoms with Crippen molar-refractivity contribution in [3.05, 3.63) is 65.7 Å². The van der Waals surface area contributed by atoms with Crippen molar-refractivity contribution in [1.82, 2.24) is 4.90 Å². The average Bonchev–Trinajstić information content (AvgIpc) is 3.13. The quantitative estimate of drug-likeness (QED) is 0.767. The first-order valence-corrected chi connectivity index (χ1v) is 11.8. The van der Waals surface area contributed by atoms with E-state index in [9.17, 15) is 13.2 Å². The number of hydrogen-bond donors (Lipinski definition) is 0. The number of sulfonamides is 1. The molecule has 0 aromatic heterocycles. The monoisotopic (exact) mass is 414 g/mol. The highest BCUT2D eigenvalue weighted by Crippen LogP contribution is 2.44. The van der Waals surface area contributed by atoms with E-state index in [1.807, 2.05) is 54.6 Å². The van der Waals surface area contributed by atoms with Crippen molar-refractivity contribution in [2.24, 2.45) is 5.92 Å². The molecule has 29 heavy (non-hydrogen) atoms. The molecule has 0 bridgehead atoms. The van der Waals surface area contributed by atoms with Crippen LogP contribution in [0.5, 0.6) is 0 Å². The van der Waals surface area contributed by atoms with Crippen LogP contribution in [0.1, 0.15) is 29.9 Å². The zero-order chi connectivity index (χ0) is 20.4. The highest BCUT2D eigenvalue weighted by Gasteiger charge is 2.39. The van der Waals surface area contributed by atoms with Gasteiger partial charge in [0.1, 0.15) is 6.61 Å². The van der Waals surface area contributed by atoms with Crippen LogP contribution in [-0.2, 0) is 21.4 Å². The van der Waals surface area contributed by atoms with Crippen LogP contribution in [0.2, 0.25) is 0 Å². The summed E-state index contributed by atoms with van der Waals surface area (Å²) in [6.07, 6.45) is 2.67. The first-order valence-electron chi connectivity index (χ1n) is 9.96. The third-order valence-corrected chi connectivity index (χ3v) is 7.09. The lowest BCUT2D eigenvalue weighted by Gasteiger charge is -2.34. The number of rotatable bonds is 4. The SMILES string of the molecule is CS(=O)(=O)N1CC(C2CCN(C(=O)OCc3ccccc3)CC2)c2ccccc21. The third-order valence-electron chi connectivity index (χ3n) is 5.94. The first-order chi connectivity index (χ1) is 13.9. The zero-order valence-corrected chi connectivity index (χ0v) is 17.3. The van der Waals surface area contributed by atoms with Gasteiger partial charge in [-0.05, 0) is 36.0 Å². The smallest absolute Gasteiger partial charge is 0.410 e. The molecule has 1 saturated heterocycles. The lowest BCUT2D eigenvalue weighted by Crippen LogP contribution is -2.40. The number of carbonyl (C=O) groups is 1.